The van der Waals surface area contributed by atoms with Crippen LogP contribution in [-0.2, 0) is 21.2 Å². The third kappa shape index (κ3) is 6.76. The van der Waals surface area contributed by atoms with Crippen molar-refractivity contribution in [2.75, 3.05) is 30.8 Å². The van der Waals surface area contributed by atoms with Gasteiger partial charge in [-0.2, -0.15) is 0 Å². The van der Waals surface area contributed by atoms with Crippen LogP contribution in [-0.4, -0.2) is 40.8 Å². The van der Waals surface area contributed by atoms with E-state index in [9.17, 15) is 13.2 Å². The van der Waals surface area contributed by atoms with E-state index in [1.165, 1.54) is 17.5 Å². The minimum Gasteiger partial charge on any atom is -0.495 e. The summed E-state index contributed by atoms with van der Waals surface area (Å²) in [5.41, 5.74) is 0.437. The average Bonchev–Trinajstić information content (AvgIpc) is 3.15. The predicted octanol–water partition coefficient (Wildman–Crippen LogP) is 3.24. The molecule has 2 rings (SSSR count). The van der Waals surface area contributed by atoms with E-state index in [2.05, 4.69) is 5.32 Å². The smallest absolute Gasteiger partial charge is 0.232 e. The van der Waals surface area contributed by atoms with Gasteiger partial charge in [-0.15, -0.1) is 0 Å². The maximum atomic E-state index is 12.1. The van der Waals surface area contributed by atoms with Crippen molar-refractivity contribution in [3.63, 3.8) is 0 Å². The second-order valence-electron chi connectivity index (χ2n) is 6.29. The number of benzene rings is 1. The van der Waals surface area contributed by atoms with Crippen LogP contribution in [0.25, 0.3) is 0 Å². The Bertz CT molecular complexity index is 868. The molecule has 1 N–H and O–H groups in total. The summed E-state index contributed by atoms with van der Waals surface area (Å²) in [4.78, 5) is 12.0. The molecule has 0 bridgehead atoms. The molecular weight excluding hydrogens is 404 g/mol. The maximum absolute atomic E-state index is 12.1. The molecule has 1 aromatic heterocycles. The van der Waals surface area contributed by atoms with Gasteiger partial charge in [-0.1, -0.05) is 11.6 Å². The van der Waals surface area contributed by atoms with Gasteiger partial charge in [0.05, 0.1) is 30.3 Å². The van der Waals surface area contributed by atoms with Crippen LogP contribution in [0.2, 0.25) is 5.02 Å². The van der Waals surface area contributed by atoms with Gasteiger partial charge in [0.15, 0.2) is 0 Å². The van der Waals surface area contributed by atoms with E-state index in [-0.39, 0.29) is 18.9 Å². The van der Waals surface area contributed by atoms with E-state index in [0.717, 1.165) is 24.9 Å². The predicted molar refractivity (Wildman–Crippen MR) is 109 cm³/mol. The van der Waals surface area contributed by atoms with Crippen molar-refractivity contribution in [3.8, 4) is 5.75 Å². The first-order chi connectivity index (χ1) is 13.3. The molecule has 0 saturated heterocycles. The Morgan fingerprint density at radius 1 is 1.29 bits per heavy atom. The molecule has 2 aromatic rings. The van der Waals surface area contributed by atoms with Crippen LogP contribution in [0.3, 0.4) is 0 Å². The molecule has 1 heterocycles. The Hall–Kier alpha value is -2.19. The van der Waals surface area contributed by atoms with E-state index >= 15 is 0 Å². The van der Waals surface area contributed by atoms with Crippen LogP contribution in [0.4, 0.5) is 5.69 Å². The van der Waals surface area contributed by atoms with Crippen molar-refractivity contribution in [2.45, 2.75) is 25.7 Å². The summed E-state index contributed by atoms with van der Waals surface area (Å²) < 4.78 is 35.8. The highest BCUT2D eigenvalue weighted by atomic mass is 35.5. The number of anilines is 1. The molecule has 28 heavy (non-hydrogen) atoms. The van der Waals surface area contributed by atoms with E-state index in [0.29, 0.717) is 29.4 Å². The van der Waals surface area contributed by atoms with Crippen LogP contribution in [0.1, 0.15) is 25.0 Å². The quantitative estimate of drug-likeness (QED) is 0.555. The summed E-state index contributed by atoms with van der Waals surface area (Å²) in [6.07, 6.45) is 4.90. The number of carbonyl (C=O) groups is 1. The number of nitrogens with one attached hydrogen (secondary N) is 1. The third-order valence-corrected chi connectivity index (χ3v) is 5.58. The first-order valence-corrected chi connectivity index (χ1v) is 11.1. The lowest BCUT2D eigenvalue weighted by molar-refractivity contribution is -0.121. The molecule has 0 radical (unpaired) electrons. The molecule has 0 fully saturated rings. The Morgan fingerprint density at radius 3 is 2.68 bits per heavy atom. The Morgan fingerprint density at radius 2 is 2.07 bits per heavy atom. The fourth-order valence-corrected chi connectivity index (χ4v) is 3.92. The molecule has 1 amide bonds. The number of furan rings is 1. The number of halogens is 1. The molecule has 0 atom stereocenters. The van der Waals surface area contributed by atoms with Gasteiger partial charge in [0.1, 0.15) is 11.5 Å². The lowest BCUT2D eigenvalue weighted by Crippen LogP contribution is -2.32. The molecule has 0 aliphatic rings. The summed E-state index contributed by atoms with van der Waals surface area (Å²) in [5, 5.41) is 3.16. The Kier molecular flexibility index (Phi) is 8.19. The molecular formula is C19H25ClN2O5S. The summed E-state index contributed by atoms with van der Waals surface area (Å²) in [7, 11) is -2.02. The molecule has 7 nitrogen and oxygen atoms in total. The second-order valence-corrected chi connectivity index (χ2v) is 8.60. The molecule has 0 spiro atoms. The topological polar surface area (TPSA) is 88.8 Å². The molecule has 0 saturated carbocycles. The van der Waals surface area contributed by atoms with E-state index < -0.39 is 10.0 Å². The molecule has 0 aliphatic heterocycles. The van der Waals surface area contributed by atoms with Crippen molar-refractivity contribution in [1.29, 1.82) is 0 Å². The minimum absolute atomic E-state index is 0.111. The number of ether oxygens (including phenoxy) is 1. The van der Waals surface area contributed by atoms with Crippen molar-refractivity contribution in [2.24, 2.45) is 0 Å². The van der Waals surface area contributed by atoms with Crippen LogP contribution < -0.4 is 14.4 Å². The van der Waals surface area contributed by atoms with Gasteiger partial charge >= 0.3 is 0 Å². The third-order valence-electron chi connectivity index (χ3n) is 4.09. The maximum Gasteiger partial charge on any atom is 0.232 e. The second kappa shape index (κ2) is 10.4. The largest absolute Gasteiger partial charge is 0.495 e. The summed E-state index contributed by atoms with van der Waals surface area (Å²) >= 11 is 6.10. The van der Waals surface area contributed by atoms with Gasteiger partial charge in [-0.05, 0) is 43.2 Å². The lowest BCUT2D eigenvalue weighted by Gasteiger charge is -2.23. The molecule has 1 aromatic carbocycles. The number of methoxy groups -OCH3 is 1. The average molecular weight is 429 g/mol. The number of rotatable bonds is 11. The molecule has 0 aliphatic carbocycles. The number of amides is 1. The number of nitrogens with zero attached hydrogens (tertiary/aromatic N) is 1. The van der Waals surface area contributed by atoms with Crippen LogP contribution in [0, 0.1) is 0 Å². The number of sulfonamides is 1. The monoisotopic (exact) mass is 428 g/mol. The van der Waals surface area contributed by atoms with Crippen molar-refractivity contribution < 1.29 is 22.4 Å². The summed E-state index contributed by atoms with van der Waals surface area (Å²) in [6.45, 7) is 0.727. The van der Waals surface area contributed by atoms with Gasteiger partial charge in [0, 0.05) is 25.9 Å². The molecule has 0 unspecified atom stereocenters. The zero-order valence-corrected chi connectivity index (χ0v) is 17.6. The van der Waals surface area contributed by atoms with Crippen LogP contribution in [0.15, 0.2) is 41.0 Å². The SMILES string of the molecule is COc1ccc(N(CCCC(=O)NCCCc2ccco2)S(C)(=O)=O)cc1Cl. The summed E-state index contributed by atoms with van der Waals surface area (Å²) in [5.74, 6) is 1.24. The van der Waals surface area contributed by atoms with Crippen molar-refractivity contribution in [3.05, 3.63) is 47.4 Å². The highest BCUT2D eigenvalue weighted by Gasteiger charge is 2.19. The van der Waals surface area contributed by atoms with Crippen molar-refractivity contribution in [1.82, 2.24) is 5.32 Å². The zero-order chi connectivity index (χ0) is 20.6. The van der Waals surface area contributed by atoms with Gasteiger partial charge in [-0.25, -0.2) is 8.42 Å². The molecule has 9 heteroatoms. The Balaban J connectivity index is 1.81. The fourth-order valence-electron chi connectivity index (χ4n) is 2.71. The number of carbonyl (C=O) groups excluding carboxylic acids is 1. The molecule has 154 valence electrons. The number of aryl methyl sites for hydroxylation is 1. The van der Waals surface area contributed by atoms with E-state index in [1.54, 1.807) is 18.4 Å². The van der Waals surface area contributed by atoms with Gasteiger partial charge in [0.25, 0.3) is 0 Å². The van der Waals surface area contributed by atoms with Gasteiger partial charge < -0.3 is 14.5 Å². The van der Waals surface area contributed by atoms with E-state index in [1.807, 2.05) is 12.1 Å². The van der Waals surface area contributed by atoms with Crippen LogP contribution in [0.5, 0.6) is 5.75 Å². The normalized spacial score (nSPS) is 11.2. The Labute approximate surface area is 170 Å². The zero-order valence-electron chi connectivity index (χ0n) is 16.0. The van der Waals surface area contributed by atoms with Crippen molar-refractivity contribution >= 4 is 33.2 Å². The lowest BCUT2D eigenvalue weighted by atomic mass is 10.2. The van der Waals surface area contributed by atoms with Crippen LogP contribution >= 0.6 is 11.6 Å². The highest BCUT2D eigenvalue weighted by molar-refractivity contribution is 7.92. The minimum atomic E-state index is -3.51. The standard InChI is InChI=1S/C19H25ClN2O5S/c1-26-18-10-9-15(14-17(18)20)22(28(2,24)25)12-4-8-19(23)21-11-3-6-16-7-5-13-27-16/h5,7,9-10,13-14H,3-4,6,8,11-12H2,1-2H3,(H,21,23). The number of hydrogen-bond donors (Lipinski definition) is 1. The van der Waals surface area contributed by atoms with Gasteiger partial charge in [0.2, 0.25) is 15.9 Å². The summed E-state index contributed by atoms with van der Waals surface area (Å²) in [6, 6.07) is 8.50. The fraction of sp³-hybridized carbons (Fsp3) is 0.421. The first kappa shape index (κ1) is 22.1. The van der Waals surface area contributed by atoms with Gasteiger partial charge in [-0.3, -0.25) is 9.10 Å². The highest BCUT2D eigenvalue weighted by Crippen LogP contribution is 2.30. The van der Waals surface area contributed by atoms with E-state index in [4.69, 9.17) is 20.8 Å². The first-order valence-electron chi connectivity index (χ1n) is 8.91. The number of hydrogen-bond acceptors (Lipinski definition) is 5.